The predicted molar refractivity (Wildman–Crippen MR) is 118 cm³/mol. The number of unbranched alkanes of at least 4 members (excludes halogenated alkanes) is 3. The highest BCUT2D eigenvalue weighted by Crippen LogP contribution is 2.29. The van der Waals surface area contributed by atoms with Gasteiger partial charge in [0.05, 0.1) is 19.9 Å². The summed E-state index contributed by atoms with van der Waals surface area (Å²) in [6.45, 7) is 7.00. The van der Waals surface area contributed by atoms with Gasteiger partial charge < -0.3 is 13.9 Å². The van der Waals surface area contributed by atoms with Crippen LogP contribution in [0.2, 0.25) is 0 Å². The molecule has 0 aliphatic carbocycles. The highest BCUT2D eigenvalue weighted by atomic mass is 16.5. The van der Waals surface area contributed by atoms with E-state index in [0.29, 0.717) is 18.2 Å². The summed E-state index contributed by atoms with van der Waals surface area (Å²) in [4.78, 5) is 4.28. The van der Waals surface area contributed by atoms with Gasteiger partial charge in [0, 0.05) is 5.92 Å². The zero-order valence-corrected chi connectivity index (χ0v) is 18.4. The van der Waals surface area contributed by atoms with Crippen LogP contribution in [0.5, 0.6) is 11.5 Å². The van der Waals surface area contributed by atoms with E-state index < -0.39 is 0 Å². The number of hydrogen-bond acceptors (Lipinski definition) is 7. The monoisotopic (exact) mass is 412 g/mol. The molecule has 1 heterocycles. The smallest absolute Gasteiger partial charge is 0.252 e. The molecule has 1 aromatic carbocycles. The number of hydrazone groups is 1. The number of nitrogens with zero attached hydrogens (tertiary/aromatic N) is 3. The van der Waals surface area contributed by atoms with Gasteiger partial charge in [-0.15, -0.1) is 0 Å². The molecule has 162 valence electrons. The van der Waals surface area contributed by atoms with Gasteiger partial charge >= 0.3 is 0 Å². The molecule has 0 fully saturated rings. The third kappa shape index (κ3) is 6.51. The number of aromatic nitrogens is 1. The summed E-state index contributed by atoms with van der Waals surface area (Å²) in [5, 5.41) is 13.5. The number of oxazole rings is 1. The molecule has 2 aromatic rings. The van der Waals surface area contributed by atoms with E-state index in [2.05, 4.69) is 36.3 Å². The summed E-state index contributed by atoms with van der Waals surface area (Å²) in [5.41, 5.74) is 3.82. The summed E-state index contributed by atoms with van der Waals surface area (Å²) in [7, 11) is 1.62. The number of ether oxygens (including phenoxy) is 2. The molecule has 0 radical (unpaired) electrons. The lowest BCUT2D eigenvalue weighted by molar-refractivity contribution is 0.285. The van der Waals surface area contributed by atoms with Crippen LogP contribution in [0, 0.1) is 11.3 Å². The van der Waals surface area contributed by atoms with Crippen molar-refractivity contribution in [3.05, 3.63) is 35.3 Å². The van der Waals surface area contributed by atoms with Crippen LogP contribution in [0.4, 0.5) is 5.88 Å². The van der Waals surface area contributed by atoms with Gasteiger partial charge in [0.25, 0.3) is 5.88 Å². The van der Waals surface area contributed by atoms with E-state index in [1.54, 1.807) is 13.3 Å². The Hall–Kier alpha value is -3.01. The van der Waals surface area contributed by atoms with Gasteiger partial charge in [0.1, 0.15) is 6.07 Å². The predicted octanol–water partition coefficient (Wildman–Crippen LogP) is 5.86. The van der Waals surface area contributed by atoms with Crippen LogP contribution < -0.4 is 14.9 Å². The molecule has 0 unspecified atom stereocenters. The second-order valence-corrected chi connectivity index (χ2v) is 7.04. The van der Waals surface area contributed by atoms with Crippen LogP contribution in [-0.2, 0) is 0 Å². The molecule has 0 amide bonds. The maximum atomic E-state index is 9.30. The Bertz CT molecular complexity index is 851. The fourth-order valence-corrected chi connectivity index (χ4v) is 3.06. The molecule has 7 nitrogen and oxygen atoms in total. The van der Waals surface area contributed by atoms with Crippen LogP contribution in [-0.4, -0.2) is 24.9 Å². The summed E-state index contributed by atoms with van der Waals surface area (Å²) in [6, 6.07) is 7.68. The zero-order valence-electron chi connectivity index (χ0n) is 18.4. The second-order valence-electron chi connectivity index (χ2n) is 7.04. The number of methoxy groups -OCH3 is 1. The van der Waals surface area contributed by atoms with Crippen molar-refractivity contribution in [3.63, 3.8) is 0 Å². The van der Waals surface area contributed by atoms with E-state index in [0.717, 1.165) is 30.6 Å². The van der Waals surface area contributed by atoms with Gasteiger partial charge in [-0.3, -0.25) is 0 Å². The topological polar surface area (TPSA) is 92.7 Å². The van der Waals surface area contributed by atoms with Crippen molar-refractivity contribution in [2.24, 2.45) is 5.10 Å². The fourth-order valence-electron chi connectivity index (χ4n) is 3.06. The Morgan fingerprint density at radius 2 is 2.00 bits per heavy atom. The summed E-state index contributed by atoms with van der Waals surface area (Å²) < 4.78 is 17.0. The lowest BCUT2D eigenvalue weighted by atomic mass is 10.0. The molecule has 2 rings (SSSR count). The molecule has 0 saturated heterocycles. The Labute approximate surface area is 179 Å². The Morgan fingerprint density at radius 1 is 1.20 bits per heavy atom. The number of rotatable bonds is 13. The molecule has 0 bridgehead atoms. The quantitative estimate of drug-likeness (QED) is 0.251. The van der Waals surface area contributed by atoms with E-state index >= 15 is 0 Å². The van der Waals surface area contributed by atoms with Crippen LogP contribution in [0.3, 0.4) is 0 Å². The molecule has 0 atom stereocenters. The highest BCUT2D eigenvalue weighted by Gasteiger charge is 2.18. The van der Waals surface area contributed by atoms with E-state index in [9.17, 15) is 5.26 Å². The van der Waals surface area contributed by atoms with Crippen LogP contribution in [0.25, 0.3) is 0 Å². The molecular weight excluding hydrogens is 380 g/mol. The van der Waals surface area contributed by atoms with E-state index in [-0.39, 0.29) is 17.5 Å². The Kier molecular flexibility index (Phi) is 9.72. The lowest BCUT2D eigenvalue weighted by Crippen LogP contribution is -2.00. The van der Waals surface area contributed by atoms with Crippen LogP contribution in [0.1, 0.15) is 82.4 Å². The summed E-state index contributed by atoms with van der Waals surface area (Å²) in [6.07, 6.45) is 8.06. The normalized spacial score (nSPS) is 11.1. The van der Waals surface area contributed by atoms with Gasteiger partial charge in [-0.1, -0.05) is 40.0 Å². The number of anilines is 1. The standard InChI is InChI=1S/C23H32N4O3/c1-5-8-9-10-13-29-20-12-11-17(14-21(20)28-4)16-25-27-23-19(15-24)26-22(30-23)18(6-2)7-3/h11-12,14,16,18,27H,5-10,13H2,1-4H3/b25-16+. The van der Waals surface area contributed by atoms with Crippen molar-refractivity contribution in [2.45, 2.75) is 65.2 Å². The van der Waals surface area contributed by atoms with E-state index in [1.807, 2.05) is 24.3 Å². The average molecular weight is 413 g/mol. The third-order valence-electron chi connectivity index (χ3n) is 4.91. The van der Waals surface area contributed by atoms with Crippen molar-refractivity contribution in [2.75, 3.05) is 19.1 Å². The van der Waals surface area contributed by atoms with E-state index in [4.69, 9.17) is 13.9 Å². The highest BCUT2D eigenvalue weighted by molar-refractivity contribution is 5.81. The number of nitriles is 1. The molecule has 0 aliphatic rings. The molecule has 1 N–H and O–H groups in total. The summed E-state index contributed by atoms with van der Waals surface area (Å²) in [5.74, 6) is 2.39. The molecule has 7 heteroatoms. The van der Waals surface area contributed by atoms with Gasteiger partial charge in [-0.2, -0.15) is 10.4 Å². The van der Waals surface area contributed by atoms with Crippen LogP contribution in [0.15, 0.2) is 27.7 Å². The van der Waals surface area contributed by atoms with Crippen molar-refractivity contribution < 1.29 is 13.9 Å². The van der Waals surface area contributed by atoms with Crippen molar-refractivity contribution in [1.29, 1.82) is 5.26 Å². The molecule has 0 spiro atoms. The average Bonchev–Trinajstić information content (AvgIpc) is 3.18. The minimum absolute atomic E-state index is 0.190. The lowest BCUT2D eigenvalue weighted by Gasteiger charge is -2.11. The minimum Gasteiger partial charge on any atom is -0.493 e. The zero-order chi connectivity index (χ0) is 21.8. The summed E-state index contributed by atoms with van der Waals surface area (Å²) >= 11 is 0. The van der Waals surface area contributed by atoms with Crippen molar-refractivity contribution >= 4 is 12.1 Å². The largest absolute Gasteiger partial charge is 0.493 e. The van der Waals surface area contributed by atoms with Gasteiger partial charge in [0.2, 0.25) is 11.6 Å². The maximum Gasteiger partial charge on any atom is 0.252 e. The molecule has 0 aliphatic heterocycles. The SMILES string of the molecule is CCCCCCOc1ccc(/C=N/Nc2oc(C(CC)CC)nc2C#N)cc1OC. The van der Waals surface area contributed by atoms with E-state index in [1.165, 1.54) is 19.3 Å². The number of hydrogen-bond donors (Lipinski definition) is 1. The molecule has 1 aromatic heterocycles. The third-order valence-corrected chi connectivity index (χ3v) is 4.91. The first kappa shape index (κ1) is 23.3. The second kappa shape index (κ2) is 12.5. The van der Waals surface area contributed by atoms with Gasteiger partial charge in [-0.25, -0.2) is 10.4 Å². The van der Waals surface area contributed by atoms with Crippen molar-refractivity contribution in [3.8, 4) is 17.6 Å². The first-order chi connectivity index (χ1) is 14.7. The fraction of sp³-hybridized carbons (Fsp3) is 0.522. The molecular formula is C23H32N4O3. The van der Waals surface area contributed by atoms with Crippen molar-refractivity contribution in [1.82, 2.24) is 4.98 Å². The minimum atomic E-state index is 0.190. The molecule has 0 saturated carbocycles. The first-order valence-electron chi connectivity index (χ1n) is 10.7. The molecule has 30 heavy (non-hydrogen) atoms. The number of nitrogens with one attached hydrogen (secondary N) is 1. The Balaban J connectivity index is 2.02. The van der Waals surface area contributed by atoms with Gasteiger partial charge in [-0.05, 0) is 43.0 Å². The maximum absolute atomic E-state index is 9.30. The van der Waals surface area contributed by atoms with Crippen LogP contribution >= 0.6 is 0 Å². The first-order valence-corrected chi connectivity index (χ1v) is 10.7. The van der Waals surface area contributed by atoms with Gasteiger partial charge in [0.15, 0.2) is 11.5 Å². The Morgan fingerprint density at radius 3 is 2.67 bits per heavy atom. The number of benzene rings is 1.